The van der Waals surface area contributed by atoms with Gasteiger partial charge in [0.25, 0.3) is 6.43 Å². The topological polar surface area (TPSA) is 49.4 Å². The van der Waals surface area contributed by atoms with Crippen molar-refractivity contribution in [1.29, 1.82) is 0 Å². The van der Waals surface area contributed by atoms with Gasteiger partial charge in [-0.15, -0.1) is 0 Å². The van der Waals surface area contributed by atoms with Crippen LogP contribution in [0, 0.1) is 5.92 Å². The monoisotopic (exact) mass is 396 g/mol. The minimum absolute atomic E-state index is 0.0542. The van der Waals surface area contributed by atoms with Crippen molar-refractivity contribution in [3.8, 4) is 0 Å². The zero-order valence-electron chi connectivity index (χ0n) is 14.9. The van der Waals surface area contributed by atoms with Crippen LogP contribution in [0.3, 0.4) is 0 Å². The molecule has 27 heavy (non-hydrogen) atoms. The molecule has 5 nitrogen and oxygen atoms in total. The molecule has 4 heterocycles. The van der Waals surface area contributed by atoms with Gasteiger partial charge in [0.2, 0.25) is 0 Å². The number of alkyl halides is 2. The number of hydrogen-bond acceptors (Lipinski definition) is 5. The molecule has 0 saturated carbocycles. The molecule has 0 aromatic carbocycles. The van der Waals surface area contributed by atoms with Gasteiger partial charge in [-0.1, -0.05) is 11.6 Å². The number of ether oxygens (including phenoxy) is 1. The Kier molecular flexibility index (Phi) is 5.61. The molecule has 0 radical (unpaired) electrons. The Bertz CT molecular complexity index is 730. The highest BCUT2D eigenvalue weighted by molar-refractivity contribution is 6.29. The number of nitrogens with one attached hydrogen (secondary N) is 2. The molecule has 3 aliphatic heterocycles. The van der Waals surface area contributed by atoms with E-state index in [1.54, 1.807) is 0 Å². The van der Waals surface area contributed by atoms with Crippen LogP contribution in [0.25, 0.3) is 0 Å². The molecule has 1 aromatic heterocycles. The number of aromatic nitrogens is 1. The van der Waals surface area contributed by atoms with Crippen LogP contribution in [0.5, 0.6) is 0 Å². The number of allylic oxidation sites excluding steroid dienone is 2. The van der Waals surface area contributed by atoms with Gasteiger partial charge < -0.3 is 15.4 Å². The van der Waals surface area contributed by atoms with Gasteiger partial charge in [0.05, 0.1) is 19.3 Å². The van der Waals surface area contributed by atoms with Crippen molar-refractivity contribution in [2.75, 3.05) is 31.6 Å². The smallest absolute Gasteiger partial charge is 0.264 e. The van der Waals surface area contributed by atoms with Crippen molar-refractivity contribution in [1.82, 2.24) is 15.2 Å². The maximum atomic E-state index is 12.9. The predicted molar refractivity (Wildman–Crippen MR) is 101 cm³/mol. The minimum Gasteiger partial charge on any atom is -0.378 e. The molecule has 0 bridgehead atoms. The molecular formula is C19H23ClF2N4O. The lowest BCUT2D eigenvalue weighted by atomic mass is 9.87. The Balaban J connectivity index is 1.41. The highest BCUT2D eigenvalue weighted by atomic mass is 35.5. The zero-order chi connectivity index (χ0) is 18.8. The summed E-state index contributed by atoms with van der Waals surface area (Å²) in [6, 6.07) is 3.26. The van der Waals surface area contributed by atoms with Crippen molar-refractivity contribution in [2.24, 2.45) is 5.92 Å². The molecular weight excluding hydrogens is 374 g/mol. The molecule has 146 valence electrons. The van der Waals surface area contributed by atoms with E-state index in [2.05, 4.69) is 26.6 Å². The third kappa shape index (κ3) is 4.42. The predicted octanol–water partition coefficient (Wildman–Crippen LogP) is 3.48. The average molecular weight is 397 g/mol. The van der Waals surface area contributed by atoms with E-state index in [9.17, 15) is 8.78 Å². The van der Waals surface area contributed by atoms with Crippen LogP contribution in [0.15, 0.2) is 41.2 Å². The maximum absolute atomic E-state index is 12.9. The Hall–Kier alpha value is -1.70. The van der Waals surface area contributed by atoms with Crippen LogP contribution in [0.1, 0.15) is 24.8 Å². The second-order valence-electron chi connectivity index (χ2n) is 7.20. The van der Waals surface area contributed by atoms with Gasteiger partial charge in [0.15, 0.2) is 0 Å². The first-order chi connectivity index (χ1) is 13.1. The van der Waals surface area contributed by atoms with E-state index in [0.29, 0.717) is 22.9 Å². The Morgan fingerprint density at radius 2 is 2.07 bits per heavy atom. The molecule has 1 unspecified atom stereocenters. The van der Waals surface area contributed by atoms with Crippen molar-refractivity contribution < 1.29 is 13.5 Å². The van der Waals surface area contributed by atoms with E-state index < -0.39 is 6.43 Å². The summed E-state index contributed by atoms with van der Waals surface area (Å²) in [7, 11) is 0. The lowest BCUT2D eigenvalue weighted by Gasteiger charge is -2.42. The number of rotatable bonds is 5. The molecule has 0 aliphatic carbocycles. The largest absolute Gasteiger partial charge is 0.378 e. The molecule has 3 aliphatic rings. The summed E-state index contributed by atoms with van der Waals surface area (Å²) in [5.74, 6) is 0.842. The second kappa shape index (κ2) is 8.12. The van der Waals surface area contributed by atoms with E-state index in [1.807, 2.05) is 6.08 Å². The molecule has 8 heteroatoms. The summed E-state index contributed by atoms with van der Waals surface area (Å²) in [6.07, 6.45) is 4.79. The van der Waals surface area contributed by atoms with Crippen molar-refractivity contribution in [3.63, 3.8) is 0 Å². The van der Waals surface area contributed by atoms with Gasteiger partial charge in [-0.05, 0) is 61.7 Å². The summed E-state index contributed by atoms with van der Waals surface area (Å²) < 4.78 is 31.1. The summed E-state index contributed by atoms with van der Waals surface area (Å²) >= 11 is 6.29. The Morgan fingerprint density at radius 3 is 2.74 bits per heavy atom. The maximum Gasteiger partial charge on any atom is 0.264 e. The molecule has 0 spiro atoms. The van der Waals surface area contributed by atoms with Crippen LogP contribution in [-0.4, -0.2) is 48.4 Å². The number of pyridine rings is 1. The quantitative estimate of drug-likeness (QED) is 0.746. The van der Waals surface area contributed by atoms with E-state index >= 15 is 0 Å². The first-order valence-electron chi connectivity index (χ1n) is 9.26. The van der Waals surface area contributed by atoms with E-state index in [-0.39, 0.29) is 11.7 Å². The lowest BCUT2D eigenvalue weighted by molar-refractivity contribution is -0.0724. The summed E-state index contributed by atoms with van der Waals surface area (Å²) in [5.41, 5.74) is 1.13. The van der Waals surface area contributed by atoms with Crippen LogP contribution in [0.4, 0.5) is 14.6 Å². The standard InChI is InChI=1S/C19H23ClF2N4O/c20-16-7-14(12-2-5-26(6-3-12)15-10-27-11-15)9-18(24-16)25-17-8-13(19(21)22)1-4-23-17/h1,4,7-9,12,15,18-19,24H,2-3,5-6,10-11H2,(H,23,25). The van der Waals surface area contributed by atoms with Crippen LogP contribution in [-0.2, 0) is 4.74 Å². The third-order valence-electron chi connectivity index (χ3n) is 5.42. The van der Waals surface area contributed by atoms with Gasteiger partial charge in [-0.3, -0.25) is 4.90 Å². The lowest BCUT2D eigenvalue weighted by Crippen LogP contribution is -2.52. The van der Waals surface area contributed by atoms with Gasteiger partial charge in [-0.2, -0.15) is 0 Å². The Morgan fingerprint density at radius 1 is 1.30 bits per heavy atom. The number of anilines is 1. The second-order valence-corrected chi connectivity index (χ2v) is 7.61. The Labute approximate surface area is 162 Å². The van der Waals surface area contributed by atoms with Crippen molar-refractivity contribution >= 4 is 17.4 Å². The van der Waals surface area contributed by atoms with E-state index in [4.69, 9.17) is 16.3 Å². The number of piperidine rings is 1. The van der Waals surface area contributed by atoms with Gasteiger partial charge in [0.1, 0.15) is 17.1 Å². The fourth-order valence-corrected chi connectivity index (χ4v) is 4.05. The van der Waals surface area contributed by atoms with Crippen LogP contribution in [0.2, 0.25) is 0 Å². The van der Waals surface area contributed by atoms with E-state index in [1.165, 1.54) is 23.9 Å². The summed E-state index contributed by atoms with van der Waals surface area (Å²) in [6.45, 7) is 3.81. The molecule has 2 fully saturated rings. The first-order valence-corrected chi connectivity index (χ1v) is 9.64. The third-order valence-corrected chi connectivity index (χ3v) is 5.64. The highest BCUT2D eigenvalue weighted by Crippen LogP contribution is 2.31. The van der Waals surface area contributed by atoms with E-state index in [0.717, 1.165) is 39.1 Å². The number of nitrogens with zero attached hydrogens (tertiary/aromatic N) is 2. The first kappa shape index (κ1) is 18.7. The fourth-order valence-electron chi connectivity index (χ4n) is 3.80. The fraction of sp³-hybridized carbons (Fsp3) is 0.526. The SMILES string of the molecule is FC(F)c1ccnc(NC2C=C(C3CCN(C4COC4)CC3)C=C(Cl)N2)c1. The number of likely N-dealkylation sites (tertiary alicyclic amines) is 1. The van der Waals surface area contributed by atoms with Crippen molar-refractivity contribution in [3.05, 3.63) is 46.8 Å². The van der Waals surface area contributed by atoms with Crippen LogP contribution < -0.4 is 10.6 Å². The molecule has 1 aromatic rings. The highest BCUT2D eigenvalue weighted by Gasteiger charge is 2.31. The molecule has 4 rings (SSSR count). The molecule has 1 atom stereocenters. The molecule has 2 N–H and O–H groups in total. The number of dihydropyridines is 1. The summed E-state index contributed by atoms with van der Waals surface area (Å²) in [5, 5.41) is 6.80. The average Bonchev–Trinajstić information content (AvgIpc) is 2.60. The van der Waals surface area contributed by atoms with Gasteiger partial charge in [0, 0.05) is 11.8 Å². The zero-order valence-corrected chi connectivity index (χ0v) is 15.6. The minimum atomic E-state index is -2.52. The molecule has 2 saturated heterocycles. The van der Waals surface area contributed by atoms with Gasteiger partial charge in [-0.25, -0.2) is 13.8 Å². The van der Waals surface area contributed by atoms with Crippen LogP contribution >= 0.6 is 11.6 Å². The van der Waals surface area contributed by atoms with Gasteiger partial charge >= 0.3 is 0 Å². The molecule has 0 amide bonds. The summed E-state index contributed by atoms with van der Waals surface area (Å²) in [4.78, 5) is 6.63. The number of hydrogen-bond donors (Lipinski definition) is 2. The normalized spacial score (nSPS) is 24.8. The number of halogens is 3. The van der Waals surface area contributed by atoms with Crippen molar-refractivity contribution in [2.45, 2.75) is 31.5 Å².